The Bertz CT molecular complexity index is 566. The summed E-state index contributed by atoms with van der Waals surface area (Å²) in [6, 6.07) is 7.63. The molecule has 0 amide bonds. The number of para-hydroxylation sites is 2. The van der Waals surface area contributed by atoms with E-state index in [0.717, 1.165) is 42.0 Å². The van der Waals surface area contributed by atoms with Crippen molar-refractivity contribution in [2.75, 3.05) is 20.0 Å². The maximum Gasteiger partial charge on any atom is 0.231 e. The van der Waals surface area contributed by atoms with Crippen LogP contribution < -0.4 is 9.47 Å². The summed E-state index contributed by atoms with van der Waals surface area (Å²) in [5, 5.41) is 0. The highest BCUT2D eigenvalue weighted by Crippen LogP contribution is 2.64. The van der Waals surface area contributed by atoms with Crippen molar-refractivity contribution in [3.63, 3.8) is 0 Å². The van der Waals surface area contributed by atoms with Crippen molar-refractivity contribution in [2.45, 2.75) is 92.3 Å². The van der Waals surface area contributed by atoms with Crippen LogP contribution in [0.1, 0.15) is 80.1 Å². The minimum atomic E-state index is 0. The van der Waals surface area contributed by atoms with Gasteiger partial charge in [0.05, 0.1) is 25.4 Å². The quantitative estimate of drug-likeness (QED) is 0.459. The van der Waals surface area contributed by atoms with E-state index in [2.05, 4.69) is 13.8 Å². The highest BCUT2D eigenvalue weighted by Gasteiger charge is 2.57. The van der Waals surface area contributed by atoms with Crippen LogP contribution in [-0.2, 0) is 9.47 Å². The van der Waals surface area contributed by atoms with Crippen molar-refractivity contribution in [3.05, 3.63) is 24.3 Å². The van der Waals surface area contributed by atoms with Crippen LogP contribution in [0.3, 0.4) is 0 Å². The van der Waals surface area contributed by atoms with Crippen molar-refractivity contribution in [2.24, 2.45) is 17.3 Å². The van der Waals surface area contributed by atoms with E-state index < -0.39 is 0 Å². The van der Waals surface area contributed by atoms with Gasteiger partial charge in [0.15, 0.2) is 11.5 Å². The summed E-state index contributed by atoms with van der Waals surface area (Å²) in [7, 11) is 0. The van der Waals surface area contributed by atoms with Gasteiger partial charge in [-0.1, -0.05) is 66.5 Å². The third-order valence-electron chi connectivity index (χ3n) is 7.24. The summed E-state index contributed by atoms with van der Waals surface area (Å²) < 4.78 is 21.3. The minimum Gasteiger partial charge on any atom is -0.454 e. The molecule has 1 saturated heterocycles. The first kappa shape index (κ1) is 25.0. The lowest BCUT2D eigenvalue weighted by molar-refractivity contribution is -0.153. The van der Waals surface area contributed by atoms with E-state index >= 15 is 0 Å². The van der Waals surface area contributed by atoms with Crippen LogP contribution in [0.5, 0.6) is 11.5 Å². The van der Waals surface area contributed by atoms with Crippen molar-refractivity contribution in [1.82, 2.24) is 0 Å². The molecule has 0 spiro atoms. The van der Waals surface area contributed by atoms with Crippen LogP contribution in [-0.4, -0.2) is 32.2 Å². The van der Waals surface area contributed by atoms with Crippen molar-refractivity contribution < 1.29 is 18.9 Å². The molecule has 30 heavy (non-hydrogen) atoms. The average molecular weight is 421 g/mol. The van der Waals surface area contributed by atoms with E-state index in [1.54, 1.807) is 0 Å². The van der Waals surface area contributed by atoms with Crippen LogP contribution in [0.15, 0.2) is 24.3 Å². The van der Waals surface area contributed by atoms with Gasteiger partial charge in [-0.3, -0.25) is 0 Å². The van der Waals surface area contributed by atoms with Gasteiger partial charge < -0.3 is 18.9 Å². The predicted octanol–water partition coefficient (Wildman–Crippen LogP) is 6.86. The molecule has 2 heterocycles. The number of hydrogen-bond acceptors (Lipinski definition) is 4. The molecule has 4 fully saturated rings. The molecule has 0 N–H and O–H groups in total. The lowest BCUT2D eigenvalue weighted by atomic mass is 9.94. The molecule has 4 atom stereocenters. The Labute approximate surface area is 184 Å². The fraction of sp³-hybridized carbons (Fsp3) is 0.769. The van der Waals surface area contributed by atoms with E-state index in [4.69, 9.17) is 18.9 Å². The fourth-order valence-corrected chi connectivity index (χ4v) is 5.42. The Morgan fingerprint density at radius 2 is 1.13 bits per heavy atom. The van der Waals surface area contributed by atoms with E-state index in [1.807, 2.05) is 24.3 Å². The Morgan fingerprint density at radius 1 is 0.700 bits per heavy atom. The van der Waals surface area contributed by atoms with Gasteiger partial charge in [-0.05, 0) is 55.1 Å². The molecule has 3 saturated carbocycles. The van der Waals surface area contributed by atoms with Gasteiger partial charge in [0, 0.05) is 0 Å². The zero-order chi connectivity index (χ0) is 19.4. The molecular formula is C26H44O4. The molecule has 0 bridgehead atoms. The molecule has 4 unspecified atom stereocenters. The Morgan fingerprint density at radius 3 is 1.57 bits per heavy atom. The summed E-state index contributed by atoms with van der Waals surface area (Å²) in [4.78, 5) is 0. The van der Waals surface area contributed by atoms with Crippen LogP contribution in [0.2, 0.25) is 0 Å². The summed E-state index contributed by atoms with van der Waals surface area (Å²) >= 11 is 0. The van der Waals surface area contributed by atoms with Gasteiger partial charge >= 0.3 is 0 Å². The number of ether oxygens (including phenoxy) is 4. The maximum absolute atomic E-state index is 5.56. The first-order valence-electron chi connectivity index (χ1n) is 11.2. The summed E-state index contributed by atoms with van der Waals surface area (Å²) in [6.45, 7) is 6.85. The normalized spacial score (nSPS) is 31.5. The molecule has 1 aromatic carbocycles. The van der Waals surface area contributed by atoms with Gasteiger partial charge in [-0.15, -0.1) is 0 Å². The highest BCUT2D eigenvalue weighted by atomic mass is 16.7. The Kier molecular flexibility index (Phi) is 9.49. The van der Waals surface area contributed by atoms with Crippen LogP contribution in [0.4, 0.5) is 0 Å². The predicted molar refractivity (Wildman–Crippen MR) is 123 cm³/mol. The smallest absolute Gasteiger partial charge is 0.231 e. The molecule has 0 aromatic heterocycles. The monoisotopic (exact) mass is 420 g/mol. The first-order valence-corrected chi connectivity index (χ1v) is 11.2. The second-order valence-corrected chi connectivity index (χ2v) is 9.28. The molecular weight excluding hydrogens is 376 g/mol. The molecule has 1 aromatic rings. The molecule has 4 nitrogen and oxygen atoms in total. The molecule has 2 aliphatic heterocycles. The van der Waals surface area contributed by atoms with Gasteiger partial charge in [0.1, 0.15) is 0 Å². The third-order valence-corrected chi connectivity index (χ3v) is 7.24. The first-order chi connectivity index (χ1) is 13.7. The standard InChI is InChI=1S/C9H16.C8H14O2.C7H6O2.2CH4/c1-9(2)7-5-3-4-6-8(7)9;1-2-4-8-7(3-1)9-5-6-10-8;1-2-4-7-6(3-1)8-5-9-7;;/h7-8H,3-6H2,1-2H3;7-8H,1-6H2;1-4H,5H2;2*1H4. The van der Waals surface area contributed by atoms with Crippen molar-refractivity contribution in [1.29, 1.82) is 0 Å². The van der Waals surface area contributed by atoms with Gasteiger partial charge in [-0.25, -0.2) is 0 Å². The average Bonchev–Trinajstić information content (AvgIpc) is 3.08. The summed E-state index contributed by atoms with van der Waals surface area (Å²) in [5.74, 6) is 3.92. The largest absolute Gasteiger partial charge is 0.454 e. The van der Waals surface area contributed by atoms with Crippen LogP contribution in [0, 0.1) is 17.3 Å². The van der Waals surface area contributed by atoms with Gasteiger partial charge in [0.25, 0.3) is 0 Å². The number of fused-ring (bicyclic) bond motifs is 3. The van der Waals surface area contributed by atoms with Gasteiger partial charge in [0.2, 0.25) is 6.79 Å². The van der Waals surface area contributed by atoms with Crippen molar-refractivity contribution >= 4 is 0 Å². The topological polar surface area (TPSA) is 36.9 Å². The minimum absolute atomic E-state index is 0. The number of rotatable bonds is 0. The van der Waals surface area contributed by atoms with Crippen molar-refractivity contribution in [3.8, 4) is 11.5 Å². The second-order valence-electron chi connectivity index (χ2n) is 9.28. The van der Waals surface area contributed by atoms with E-state index in [1.165, 1.54) is 51.4 Å². The van der Waals surface area contributed by atoms with Gasteiger partial charge in [-0.2, -0.15) is 0 Å². The van der Waals surface area contributed by atoms with E-state index in [-0.39, 0.29) is 14.9 Å². The van der Waals surface area contributed by atoms with Crippen LogP contribution in [0.25, 0.3) is 0 Å². The molecule has 3 aliphatic carbocycles. The zero-order valence-corrected chi connectivity index (χ0v) is 17.5. The fourth-order valence-electron chi connectivity index (χ4n) is 5.42. The van der Waals surface area contributed by atoms with Crippen LogP contribution >= 0.6 is 0 Å². The third kappa shape index (κ3) is 5.91. The van der Waals surface area contributed by atoms with E-state index in [9.17, 15) is 0 Å². The zero-order valence-electron chi connectivity index (χ0n) is 17.5. The maximum atomic E-state index is 5.56. The highest BCUT2D eigenvalue weighted by molar-refractivity contribution is 5.40. The number of hydrogen-bond donors (Lipinski definition) is 0. The Balaban J connectivity index is 0.000000155. The Hall–Kier alpha value is -1.26. The molecule has 6 rings (SSSR count). The molecule has 5 aliphatic rings. The molecule has 4 heteroatoms. The van der Waals surface area contributed by atoms with E-state index in [0.29, 0.717) is 19.0 Å². The lowest BCUT2D eigenvalue weighted by Crippen LogP contribution is -2.40. The summed E-state index contributed by atoms with van der Waals surface area (Å²) in [5.41, 5.74) is 0.747. The SMILES string of the molecule is C.C.C1CCC2OCCOC2C1.CC1(C)C2CCCCC21.c1ccc2c(c1)OCO2. The molecule has 172 valence electrons. The number of benzene rings is 1. The molecule has 0 radical (unpaired) electrons. The second kappa shape index (κ2) is 11.4. The summed E-state index contributed by atoms with van der Waals surface area (Å²) in [6.07, 6.45) is 12.0. The lowest BCUT2D eigenvalue weighted by Gasteiger charge is -2.35.